The predicted molar refractivity (Wildman–Crippen MR) is 108 cm³/mol. The molecule has 2 atom stereocenters. The molecule has 2 aromatic rings. The molecular formula is C19H27ClN4O3. The molecule has 0 saturated carbocycles. The molecule has 148 valence electrons. The van der Waals surface area contributed by atoms with Crippen LogP contribution in [0, 0.1) is 0 Å². The van der Waals surface area contributed by atoms with Crippen LogP contribution in [0.4, 0.5) is 5.69 Å². The van der Waals surface area contributed by atoms with Crippen LogP contribution in [-0.4, -0.2) is 58.2 Å². The van der Waals surface area contributed by atoms with Crippen LogP contribution < -0.4 is 10.6 Å². The zero-order chi connectivity index (χ0) is 18.7. The molecular weight excluding hydrogens is 368 g/mol. The maximum atomic E-state index is 12.3. The van der Waals surface area contributed by atoms with Crippen molar-refractivity contribution < 1.29 is 14.7 Å². The molecule has 3 rings (SSSR count). The fourth-order valence-corrected chi connectivity index (χ4v) is 3.38. The maximum Gasteiger partial charge on any atom is 0.242 e. The van der Waals surface area contributed by atoms with Crippen molar-refractivity contribution in [2.45, 2.75) is 39.0 Å². The van der Waals surface area contributed by atoms with Gasteiger partial charge in [-0.05, 0) is 44.5 Å². The number of aliphatic hydroxyl groups is 1. The number of halogens is 1. The summed E-state index contributed by atoms with van der Waals surface area (Å²) in [4.78, 5) is 26.4. The van der Waals surface area contributed by atoms with Crippen LogP contribution in [0.25, 0.3) is 10.9 Å². The predicted octanol–water partition coefficient (Wildman–Crippen LogP) is 1.59. The normalized spacial score (nSPS) is 18.9. The smallest absolute Gasteiger partial charge is 0.242 e. The van der Waals surface area contributed by atoms with Crippen LogP contribution in [-0.2, 0) is 16.1 Å². The third-order valence-corrected chi connectivity index (χ3v) is 4.88. The Morgan fingerprint density at radius 3 is 2.67 bits per heavy atom. The van der Waals surface area contributed by atoms with E-state index in [1.807, 2.05) is 53.8 Å². The largest absolute Gasteiger partial charge is 0.392 e. The summed E-state index contributed by atoms with van der Waals surface area (Å²) in [5.41, 5.74) is 1.66. The number of rotatable bonds is 6. The van der Waals surface area contributed by atoms with Crippen molar-refractivity contribution in [3.05, 3.63) is 30.5 Å². The van der Waals surface area contributed by atoms with Crippen molar-refractivity contribution in [3.63, 3.8) is 0 Å². The van der Waals surface area contributed by atoms with Gasteiger partial charge in [0.1, 0.15) is 6.54 Å². The van der Waals surface area contributed by atoms with Gasteiger partial charge in [-0.3, -0.25) is 9.59 Å². The molecule has 2 amide bonds. The highest BCUT2D eigenvalue weighted by Crippen LogP contribution is 2.21. The zero-order valence-corrected chi connectivity index (χ0v) is 16.5. The minimum absolute atomic E-state index is 0. The van der Waals surface area contributed by atoms with Gasteiger partial charge in [0.25, 0.3) is 0 Å². The molecule has 0 radical (unpaired) electrons. The van der Waals surface area contributed by atoms with Gasteiger partial charge < -0.3 is 25.2 Å². The monoisotopic (exact) mass is 394 g/mol. The molecule has 1 saturated heterocycles. The molecule has 0 spiro atoms. The summed E-state index contributed by atoms with van der Waals surface area (Å²) in [5, 5.41) is 16.4. The number of benzene rings is 1. The summed E-state index contributed by atoms with van der Waals surface area (Å²) in [7, 11) is 0. The molecule has 3 N–H and O–H groups in total. The first-order valence-electron chi connectivity index (χ1n) is 9.10. The molecule has 27 heavy (non-hydrogen) atoms. The molecule has 7 nitrogen and oxygen atoms in total. The summed E-state index contributed by atoms with van der Waals surface area (Å²) in [6.45, 7) is 6.11. The number of nitrogens with zero attached hydrogens (tertiary/aromatic N) is 2. The minimum atomic E-state index is -0.467. The summed E-state index contributed by atoms with van der Waals surface area (Å²) in [6, 6.07) is 7.23. The van der Waals surface area contributed by atoms with E-state index in [-0.39, 0.29) is 30.3 Å². The maximum absolute atomic E-state index is 12.3. The zero-order valence-electron chi connectivity index (χ0n) is 15.6. The number of amides is 2. The first kappa shape index (κ1) is 21.2. The number of carbonyl (C=O) groups excluding carboxylic acids is 2. The number of anilines is 1. The Bertz CT molecular complexity index is 803. The van der Waals surface area contributed by atoms with Gasteiger partial charge in [0.05, 0.1) is 12.1 Å². The average molecular weight is 395 g/mol. The first-order chi connectivity index (χ1) is 12.5. The number of aliphatic hydroxyl groups excluding tert-OH is 1. The van der Waals surface area contributed by atoms with Crippen LogP contribution >= 0.6 is 12.4 Å². The topological polar surface area (TPSA) is 86.6 Å². The van der Waals surface area contributed by atoms with E-state index in [4.69, 9.17) is 0 Å². The number of fused-ring (bicyclic) bond motifs is 1. The van der Waals surface area contributed by atoms with Crippen LogP contribution in [0.15, 0.2) is 30.5 Å². The highest BCUT2D eigenvalue weighted by Gasteiger charge is 2.28. The highest BCUT2D eigenvalue weighted by atomic mass is 35.5. The van der Waals surface area contributed by atoms with Crippen LogP contribution in [0.5, 0.6) is 0 Å². The lowest BCUT2D eigenvalue weighted by atomic mass is 10.2. The molecule has 8 heteroatoms. The van der Waals surface area contributed by atoms with Gasteiger partial charge in [-0.2, -0.15) is 0 Å². The van der Waals surface area contributed by atoms with Crippen molar-refractivity contribution in [1.82, 2.24) is 14.8 Å². The van der Waals surface area contributed by atoms with E-state index in [0.717, 1.165) is 10.9 Å². The summed E-state index contributed by atoms with van der Waals surface area (Å²) in [5.74, 6) is -0.0483. The number of hydrogen-bond acceptors (Lipinski definition) is 4. The second-order valence-electron chi connectivity index (χ2n) is 6.62. The lowest BCUT2D eigenvalue weighted by Crippen LogP contribution is -2.35. The summed E-state index contributed by atoms with van der Waals surface area (Å²) < 4.78 is 1.93. The lowest BCUT2D eigenvalue weighted by molar-refractivity contribution is -0.131. The summed E-state index contributed by atoms with van der Waals surface area (Å²) in [6.07, 6.45) is 1.86. The van der Waals surface area contributed by atoms with Crippen LogP contribution in [0.2, 0.25) is 0 Å². The minimum Gasteiger partial charge on any atom is -0.392 e. The average Bonchev–Trinajstić information content (AvgIpc) is 3.22. The van der Waals surface area contributed by atoms with Crippen molar-refractivity contribution >= 4 is 40.8 Å². The third-order valence-electron chi connectivity index (χ3n) is 4.88. The number of likely N-dealkylation sites (N-methyl/N-ethyl adjacent to an activating group) is 1. The molecule has 1 fully saturated rings. The number of carbonyl (C=O) groups is 2. The Kier molecular flexibility index (Phi) is 7.24. The van der Waals surface area contributed by atoms with E-state index >= 15 is 0 Å². The second-order valence-corrected chi connectivity index (χ2v) is 6.62. The van der Waals surface area contributed by atoms with E-state index in [1.54, 1.807) is 0 Å². The van der Waals surface area contributed by atoms with Crippen molar-refractivity contribution in [1.29, 1.82) is 0 Å². The van der Waals surface area contributed by atoms with E-state index in [2.05, 4.69) is 10.6 Å². The molecule has 0 bridgehead atoms. The number of β-amino-alcohol motifs (C(OH)–C–C–N with tert-alkyl or cyclic N) is 1. The molecule has 1 aliphatic heterocycles. The molecule has 2 heterocycles. The summed E-state index contributed by atoms with van der Waals surface area (Å²) >= 11 is 0. The Morgan fingerprint density at radius 1 is 1.30 bits per heavy atom. The van der Waals surface area contributed by atoms with Gasteiger partial charge in [-0.25, -0.2) is 0 Å². The van der Waals surface area contributed by atoms with Crippen molar-refractivity contribution in [2.75, 3.05) is 25.0 Å². The Morgan fingerprint density at radius 2 is 2.04 bits per heavy atom. The third kappa shape index (κ3) is 4.80. The fraction of sp³-hybridized carbons (Fsp3) is 0.474. The Labute approximate surface area is 165 Å². The van der Waals surface area contributed by atoms with Crippen molar-refractivity contribution in [3.8, 4) is 0 Å². The molecule has 2 unspecified atom stereocenters. The molecule has 1 aromatic heterocycles. The molecule has 1 aromatic carbocycles. The number of hydrogen-bond donors (Lipinski definition) is 3. The van der Waals surface area contributed by atoms with Crippen LogP contribution in [0.1, 0.15) is 20.3 Å². The quantitative estimate of drug-likeness (QED) is 0.694. The number of nitrogens with one attached hydrogen (secondary N) is 2. The van der Waals surface area contributed by atoms with Crippen molar-refractivity contribution in [2.24, 2.45) is 0 Å². The van der Waals surface area contributed by atoms with Gasteiger partial charge in [-0.1, -0.05) is 0 Å². The SMILES string of the molecule is CCN(CC)C(=O)Cn1ccc2cc(NC(=O)C3CC(O)CN3)ccc21.Cl. The highest BCUT2D eigenvalue weighted by molar-refractivity contribution is 5.97. The standard InChI is InChI=1S/C19H26N4O3.ClH/c1-3-22(4-2)18(25)12-23-8-7-13-9-14(5-6-17(13)23)21-19(26)16-10-15(24)11-20-16;/h5-9,15-16,20,24H,3-4,10-12H2,1-2H3,(H,21,26);1H. The van der Waals surface area contributed by atoms with E-state index in [0.29, 0.717) is 38.3 Å². The molecule has 0 aliphatic carbocycles. The Hall–Kier alpha value is -2.09. The number of aromatic nitrogens is 1. The van der Waals surface area contributed by atoms with Gasteiger partial charge in [-0.15, -0.1) is 12.4 Å². The fourth-order valence-electron chi connectivity index (χ4n) is 3.38. The van der Waals surface area contributed by atoms with Gasteiger partial charge in [0.2, 0.25) is 11.8 Å². The van der Waals surface area contributed by atoms with Gasteiger partial charge >= 0.3 is 0 Å². The lowest BCUT2D eigenvalue weighted by Gasteiger charge is -2.19. The van der Waals surface area contributed by atoms with E-state index in [1.165, 1.54) is 0 Å². The van der Waals surface area contributed by atoms with Gasteiger partial charge in [0, 0.05) is 42.4 Å². The molecule has 1 aliphatic rings. The Balaban J connectivity index is 0.00000261. The first-order valence-corrected chi connectivity index (χ1v) is 9.10. The van der Waals surface area contributed by atoms with E-state index in [9.17, 15) is 14.7 Å². The van der Waals surface area contributed by atoms with Crippen LogP contribution in [0.3, 0.4) is 0 Å². The second kappa shape index (κ2) is 9.21. The van der Waals surface area contributed by atoms with Gasteiger partial charge in [0.15, 0.2) is 0 Å². The van der Waals surface area contributed by atoms with E-state index < -0.39 is 6.10 Å².